The third-order valence-corrected chi connectivity index (χ3v) is 6.14. The molecule has 0 saturated carbocycles. The van der Waals surface area contributed by atoms with Gasteiger partial charge in [0.25, 0.3) is 5.91 Å². The van der Waals surface area contributed by atoms with Gasteiger partial charge in [-0.05, 0) is 54.4 Å². The molecule has 0 heterocycles. The average molecular weight is 473 g/mol. The van der Waals surface area contributed by atoms with Crippen LogP contribution in [-0.2, 0) is 27.9 Å². The Bertz CT molecular complexity index is 1150. The highest BCUT2D eigenvalue weighted by molar-refractivity contribution is 7.92. The van der Waals surface area contributed by atoms with E-state index < -0.39 is 10.0 Å². The molecule has 0 spiro atoms. The van der Waals surface area contributed by atoms with Gasteiger partial charge in [0.1, 0.15) is 5.75 Å². The van der Waals surface area contributed by atoms with Crippen LogP contribution in [0.15, 0.2) is 72.8 Å². The summed E-state index contributed by atoms with van der Waals surface area (Å²) < 4.78 is 31.5. The van der Waals surface area contributed by atoms with E-state index in [1.54, 1.807) is 48.5 Å². The number of ether oxygens (including phenoxy) is 1. The minimum Gasteiger partial charge on any atom is -0.484 e. The number of carbonyl (C=O) groups is 1. The Kier molecular flexibility index (Phi) is 7.77. The maximum atomic E-state index is 12.3. The minimum absolute atomic E-state index is 0.133. The van der Waals surface area contributed by atoms with Gasteiger partial charge in [0.2, 0.25) is 10.0 Å². The van der Waals surface area contributed by atoms with Crippen molar-refractivity contribution in [1.29, 1.82) is 0 Å². The van der Waals surface area contributed by atoms with Gasteiger partial charge < -0.3 is 10.1 Å². The summed E-state index contributed by atoms with van der Waals surface area (Å²) in [5, 5.41) is 3.40. The van der Waals surface area contributed by atoms with Gasteiger partial charge in [0.15, 0.2) is 6.61 Å². The van der Waals surface area contributed by atoms with Crippen LogP contribution in [-0.4, -0.2) is 27.2 Å². The third-order valence-electron chi connectivity index (χ3n) is 4.74. The Morgan fingerprint density at radius 3 is 2.12 bits per heavy atom. The molecule has 3 aromatic rings. The molecule has 0 unspecified atom stereocenters. The fourth-order valence-electron chi connectivity index (χ4n) is 2.97. The normalized spacial score (nSPS) is 11.1. The molecule has 3 rings (SSSR count). The maximum Gasteiger partial charge on any atom is 0.258 e. The highest BCUT2D eigenvalue weighted by Gasteiger charge is 2.18. The van der Waals surface area contributed by atoms with Crippen LogP contribution in [0.1, 0.15) is 16.7 Å². The molecule has 0 atom stereocenters. The Morgan fingerprint density at radius 1 is 0.938 bits per heavy atom. The molecular weight excluding hydrogens is 448 g/mol. The summed E-state index contributed by atoms with van der Waals surface area (Å²) >= 11 is 5.91. The van der Waals surface area contributed by atoms with Crippen molar-refractivity contribution < 1.29 is 17.9 Å². The monoisotopic (exact) mass is 472 g/mol. The van der Waals surface area contributed by atoms with E-state index in [-0.39, 0.29) is 19.1 Å². The second kappa shape index (κ2) is 10.5. The second-order valence-corrected chi connectivity index (χ2v) is 9.78. The van der Waals surface area contributed by atoms with Crippen LogP contribution >= 0.6 is 11.6 Å². The van der Waals surface area contributed by atoms with E-state index in [0.29, 0.717) is 23.0 Å². The molecule has 0 fully saturated rings. The van der Waals surface area contributed by atoms with E-state index in [0.717, 1.165) is 22.9 Å². The summed E-state index contributed by atoms with van der Waals surface area (Å²) in [6, 6.07) is 21.5. The average Bonchev–Trinajstić information content (AvgIpc) is 2.76. The quantitative estimate of drug-likeness (QED) is 0.503. The van der Waals surface area contributed by atoms with Crippen LogP contribution in [0.3, 0.4) is 0 Å². The van der Waals surface area contributed by atoms with Crippen molar-refractivity contribution in [2.75, 3.05) is 17.2 Å². The van der Waals surface area contributed by atoms with E-state index in [1.807, 2.05) is 31.2 Å². The zero-order chi connectivity index (χ0) is 23.1. The van der Waals surface area contributed by atoms with Crippen molar-refractivity contribution in [1.82, 2.24) is 5.32 Å². The van der Waals surface area contributed by atoms with E-state index in [4.69, 9.17) is 16.3 Å². The molecule has 0 aromatic heterocycles. The number of nitrogens with zero attached hydrogens (tertiary/aromatic N) is 1. The summed E-state index contributed by atoms with van der Waals surface area (Å²) in [6.45, 7) is 2.48. The first-order chi connectivity index (χ1) is 15.2. The first-order valence-corrected chi connectivity index (χ1v) is 12.2. The zero-order valence-electron chi connectivity index (χ0n) is 17.9. The molecule has 1 N–H and O–H groups in total. The highest BCUT2D eigenvalue weighted by atomic mass is 35.5. The van der Waals surface area contributed by atoms with Crippen molar-refractivity contribution >= 4 is 33.2 Å². The Hall–Kier alpha value is -3.03. The molecule has 0 aliphatic rings. The van der Waals surface area contributed by atoms with Gasteiger partial charge in [0.05, 0.1) is 18.5 Å². The number of halogens is 1. The number of sulfonamides is 1. The number of rotatable bonds is 9. The summed E-state index contributed by atoms with van der Waals surface area (Å²) in [4.78, 5) is 12.1. The molecule has 0 radical (unpaired) electrons. The van der Waals surface area contributed by atoms with Crippen LogP contribution < -0.4 is 14.4 Å². The van der Waals surface area contributed by atoms with E-state index in [9.17, 15) is 13.2 Å². The van der Waals surface area contributed by atoms with Gasteiger partial charge in [-0.1, -0.05) is 53.6 Å². The largest absolute Gasteiger partial charge is 0.484 e. The second-order valence-electron chi connectivity index (χ2n) is 7.44. The fourth-order valence-corrected chi connectivity index (χ4v) is 3.99. The molecule has 8 heteroatoms. The molecule has 1 amide bonds. The lowest BCUT2D eigenvalue weighted by molar-refractivity contribution is -0.123. The predicted molar refractivity (Wildman–Crippen MR) is 127 cm³/mol. The number of hydrogen-bond donors (Lipinski definition) is 1. The van der Waals surface area contributed by atoms with Gasteiger partial charge in [0, 0.05) is 11.6 Å². The lowest BCUT2D eigenvalue weighted by atomic mass is 10.1. The molecule has 0 saturated heterocycles. The SMILES string of the molecule is Cc1ccc(CNC(=O)COc2ccc(N(Cc3ccc(Cl)cc3)S(C)(=O)=O)cc2)cc1. The summed E-state index contributed by atoms with van der Waals surface area (Å²) in [5.41, 5.74) is 3.48. The van der Waals surface area contributed by atoms with Crippen molar-refractivity contribution in [3.05, 3.63) is 94.5 Å². The molecular formula is C24H25ClN2O4S. The van der Waals surface area contributed by atoms with Crippen molar-refractivity contribution in [2.45, 2.75) is 20.0 Å². The van der Waals surface area contributed by atoms with Gasteiger partial charge >= 0.3 is 0 Å². The van der Waals surface area contributed by atoms with Crippen LogP contribution in [0.2, 0.25) is 5.02 Å². The van der Waals surface area contributed by atoms with Crippen molar-refractivity contribution in [2.24, 2.45) is 0 Å². The van der Waals surface area contributed by atoms with Gasteiger partial charge in [-0.15, -0.1) is 0 Å². The third kappa shape index (κ3) is 7.00. The topological polar surface area (TPSA) is 75.7 Å². The number of amides is 1. The maximum absolute atomic E-state index is 12.3. The smallest absolute Gasteiger partial charge is 0.258 e. The number of anilines is 1. The molecule has 32 heavy (non-hydrogen) atoms. The molecule has 0 aliphatic heterocycles. The Balaban J connectivity index is 1.57. The van der Waals surface area contributed by atoms with Crippen LogP contribution in [0, 0.1) is 6.92 Å². The molecule has 3 aromatic carbocycles. The number of benzene rings is 3. The van der Waals surface area contributed by atoms with Crippen LogP contribution in [0.5, 0.6) is 5.75 Å². The molecule has 6 nitrogen and oxygen atoms in total. The lowest BCUT2D eigenvalue weighted by Gasteiger charge is -2.23. The van der Waals surface area contributed by atoms with Crippen LogP contribution in [0.25, 0.3) is 0 Å². The number of aryl methyl sites for hydroxylation is 1. The molecule has 168 valence electrons. The number of carbonyl (C=O) groups excluding carboxylic acids is 1. The summed E-state index contributed by atoms with van der Waals surface area (Å²) in [7, 11) is -3.51. The number of nitrogens with one attached hydrogen (secondary N) is 1. The Labute approximate surface area is 193 Å². The molecule has 0 bridgehead atoms. The first-order valence-electron chi connectivity index (χ1n) is 9.98. The van der Waals surface area contributed by atoms with Crippen molar-refractivity contribution in [3.8, 4) is 5.75 Å². The van der Waals surface area contributed by atoms with Crippen molar-refractivity contribution in [3.63, 3.8) is 0 Å². The van der Waals surface area contributed by atoms with Gasteiger partial charge in [-0.2, -0.15) is 0 Å². The number of hydrogen-bond acceptors (Lipinski definition) is 4. The Morgan fingerprint density at radius 2 is 1.53 bits per heavy atom. The molecule has 0 aliphatic carbocycles. The predicted octanol–water partition coefficient (Wildman–Crippen LogP) is 4.31. The summed E-state index contributed by atoms with van der Waals surface area (Å²) in [5.74, 6) is 0.231. The summed E-state index contributed by atoms with van der Waals surface area (Å²) in [6.07, 6.45) is 1.16. The van der Waals surface area contributed by atoms with Crippen LogP contribution in [0.4, 0.5) is 5.69 Å². The lowest BCUT2D eigenvalue weighted by Crippen LogP contribution is -2.29. The van der Waals surface area contributed by atoms with E-state index in [1.165, 1.54) is 4.31 Å². The van der Waals surface area contributed by atoms with E-state index in [2.05, 4.69) is 5.32 Å². The highest BCUT2D eigenvalue weighted by Crippen LogP contribution is 2.24. The zero-order valence-corrected chi connectivity index (χ0v) is 19.5. The van der Waals surface area contributed by atoms with Gasteiger partial charge in [-0.25, -0.2) is 8.42 Å². The standard InChI is InChI=1S/C24H25ClN2O4S/c1-18-3-5-19(6-4-18)15-26-24(28)17-31-23-13-11-22(12-14-23)27(32(2,29)30)16-20-7-9-21(25)10-8-20/h3-14H,15-17H2,1-2H3,(H,26,28). The van der Waals surface area contributed by atoms with Gasteiger partial charge in [-0.3, -0.25) is 9.10 Å². The fraction of sp³-hybridized carbons (Fsp3) is 0.208. The minimum atomic E-state index is -3.51. The van der Waals surface area contributed by atoms with E-state index >= 15 is 0 Å². The first kappa shape index (κ1) is 23.6.